The fourth-order valence-corrected chi connectivity index (χ4v) is 2.54. The van der Waals surface area contributed by atoms with Gasteiger partial charge in [0.15, 0.2) is 0 Å². The number of rotatable bonds is 3. The minimum absolute atomic E-state index is 0.0325. The van der Waals surface area contributed by atoms with Crippen molar-refractivity contribution >= 4 is 11.3 Å². The van der Waals surface area contributed by atoms with Gasteiger partial charge < -0.3 is 5.73 Å². The van der Waals surface area contributed by atoms with Crippen molar-refractivity contribution in [3.8, 4) is 0 Å². The van der Waals surface area contributed by atoms with E-state index in [1.165, 1.54) is 6.07 Å². The van der Waals surface area contributed by atoms with Gasteiger partial charge in [-0.1, -0.05) is 12.1 Å². The van der Waals surface area contributed by atoms with Gasteiger partial charge in [-0.3, -0.25) is 0 Å². The highest BCUT2D eigenvalue weighted by Gasteiger charge is 2.07. The molecule has 1 aromatic heterocycles. The summed E-state index contributed by atoms with van der Waals surface area (Å²) in [5.74, 6) is -0.163. The highest BCUT2D eigenvalue weighted by atomic mass is 32.1. The van der Waals surface area contributed by atoms with E-state index in [1.54, 1.807) is 24.3 Å². The molecule has 0 fully saturated rings. The molecule has 17 heavy (non-hydrogen) atoms. The van der Waals surface area contributed by atoms with Crippen LogP contribution in [0.25, 0.3) is 0 Å². The zero-order valence-corrected chi connectivity index (χ0v) is 10.7. The van der Waals surface area contributed by atoms with Crippen molar-refractivity contribution < 1.29 is 4.39 Å². The van der Waals surface area contributed by atoms with Gasteiger partial charge in [-0.25, -0.2) is 9.37 Å². The number of hydrogen-bond acceptors (Lipinski definition) is 3. The minimum Gasteiger partial charge on any atom is -0.323 e. The summed E-state index contributed by atoms with van der Waals surface area (Å²) >= 11 is 1.60. The third kappa shape index (κ3) is 2.90. The molecule has 0 aliphatic rings. The van der Waals surface area contributed by atoms with Gasteiger partial charge in [0.1, 0.15) is 5.82 Å². The van der Waals surface area contributed by atoms with Gasteiger partial charge in [0.05, 0.1) is 10.7 Å². The van der Waals surface area contributed by atoms with Crippen LogP contribution < -0.4 is 5.73 Å². The van der Waals surface area contributed by atoms with Crippen LogP contribution in [-0.2, 0) is 6.42 Å². The largest absolute Gasteiger partial charge is 0.323 e. The topological polar surface area (TPSA) is 38.9 Å². The summed E-state index contributed by atoms with van der Waals surface area (Å²) < 4.78 is 13.1. The Bertz CT molecular complexity index is 520. The van der Waals surface area contributed by atoms with E-state index in [9.17, 15) is 4.39 Å². The highest BCUT2D eigenvalue weighted by Crippen LogP contribution is 2.19. The number of thiazole rings is 1. The molecule has 0 bridgehead atoms. The van der Waals surface area contributed by atoms with Crippen LogP contribution in [0, 0.1) is 12.7 Å². The Morgan fingerprint density at radius 1 is 1.47 bits per heavy atom. The quantitative estimate of drug-likeness (QED) is 0.908. The van der Waals surface area contributed by atoms with Gasteiger partial charge in [-0.2, -0.15) is 0 Å². The summed E-state index contributed by atoms with van der Waals surface area (Å²) in [6.45, 7) is 3.69. The van der Waals surface area contributed by atoms with E-state index in [4.69, 9.17) is 5.73 Å². The SMILES string of the molecule is Cc1cc(Cc2nc(C(C)N)cs2)ccc1F. The molecule has 1 heterocycles. The lowest BCUT2D eigenvalue weighted by molar-refractivity contribution is 0.618. The van der Waals surface area contributed by atoms with Crippen molar-refractivity contribution in [3.63, 3.8) is 0 Å². The first-order valence-electron chi connectivity index (χ1n) is 5.51. The summed E-state index contributed by atoms with van der Waals surface area (Å²) in [6.07, 6.45) is 0.735. The number of nitrogens with zero attached hydrogens (tertiary/aromatic N) is 1. The molecule has 2 N–H and O–H groups in total. The van der Waals surface area contributed by atoms with Crippen LogP contribution in [0.3, 0.4) is 0 Å². The second kappa shape index (κ2) is 4.94. The van der Waals surface area contributed by atoms with Gasteiger partial charge >= 0.3 is 0 Å². The van der Waals surface area contributed by atoms with Crippen molar-refractivity contribution in [2.24, 2.45) is 5.73 Å². The maximum absolute atomic E-state index is 13.1. The number of benzene rings is 1. The van der Waals surface area contributed by atoms with E-state index in [0.717, 1.165) is 22.7 Å². The molecule has 0 aliphatic carbocycles. The van der Waals surface area contributed by atoms with E-state index in [-0.39, 0.29) is 11.9 Å². The molecule has 0 aliphatic heterocycles. The normalized spacial score (nSPS) is 12.7. The van der Waals surface area contributed by atoms with Crippen molar-refractivity contribution in [2.45, 2.75) is 26.3 Å². The number of nitrogens with two attached hydrogens (primary N) is 1. The summed E-state index contributed by atoms with van der Waals surface area (Å²) in [7, 11) is 0. The molecular weight excluding hydrogens is 235 g/mol. The molecule has 2 nitrogen and oxygen atoms in total. The van der Waals surface area contributed by atoms with E-state index >= 15 is 0 Å². The van der Waals surface area contributed by atoms with Crippen molar-refractivity contribution in [2.75, 3.05) is 0 Å². The Morgan fingerprint density at radius 2 is 2.24 bits per heavy atom. The Kier molecular flexibility index (Phi) is 3.54. The van der Waals surface area contributed by atoms with Crippen LogP contribution in [0.2, 0.25) is 0 Å². The molecule has 1 unspecified atom stereocenters. The molecule has 2 aromatic rings. The molecule has 0 spiro atoms. The molecule has 90 valence electrons. The summed E-state index contributed by atoms with van der Waals surface area (Å²) in [4.78, 5) is 4.46. The first kappa shape index (κ1) is 12.2. The Morgan fingerprint density at radius 3 is 2.82 bits per heavy atom. The van der Waals surface area contributed by atoms with E-state index in [1.807, 2.05) is 18.4 Å². The van der Waals surface area contributed by atoms with Gasteiger partial charge in [0, 0.05) is 17.8 Å². The first-order valence-corrected chi connectivity index (χ1v) is 6.39. The average Bonchev–Trinajstić information content (AvgIpc) is 2.72. The fourth-order valence-electron chi connectivity index (χ4n) is 1.61. The van der Waals surface area contributed by atoms with Gasteiger partial charge in [0.2, 0.25) is 0 Å². The zero-order chi connectivity index (χ0) is 12.4. The molecule has 1 atom stereocenters. The first-order chi connectivity index (χ1) is 8.06. The fraction of sp³-hybridized carbons (Fsp3) is 0.308. The molecule has 1 aromatic carbocycles. The molecule has 0 radical (unpaired) electrons. The summed E-state index contributed by atoms with van der Waals surface area (Å²) in [5.41, 5.74) is 8.43. The minimum atomic E-state index is -0.163. The van der Waals surface area contributed by atoms with E-state index in [2.05, 4.69) is 4.98 Å². The summed E-state index contributed by atoms with van der Waals surface area (Å²) in [5, 5.41) is 3.00. The third-order valence-electron chi connectivity index (χ3n) is 2.61. The van der Waals surface area contributed by atoms with Crippen LogP contribution in [0.15, 0.2) is 23.6 Å². The number of aromatic nitrogens is 1. The second-order valence-corrected chi connectivity index (χ2v) is 5.16. The summed E-state index contributed by atoms with van der Waals surface area (Å²) in [6, 6.07) is 5.14. The van der Waals surface area contributed by atoms with Crippen LogP contribution in [0.5, 0.6) is 0 Å². The Hall–Kier alpha value is -1.26. The predicted molar refractivity (Wildman–Crippen MR) is 68.7 cm³/mol. The predicted octanol–water partition coefficient (Wildman–Crippen LogP) is 3.20. The van der Waals surface area contributed by atoms with Gasteiger partial charge in [-0.15, -0.1) is 11.3 Å². The molecule has 4 heteroatoms. The van der Waals surface area contributed by atoms with E-state index < -0.39 is 0 Å². The second-order valence-electron chi connectivity index (χ2n) is 4.22. The molecular formula is C13H15FN2S. The maximum Gasteiger partial charge on any atom is 0.126 e. The van der Waals surface area contributed by atoms with Crippen LogP contribution in [-0.4, -0.2) is 4.98 Å². The standard InChI is InChI=1S/C13H15FN2S/c1-8-5-10(3-4-11(8)14)6-13-16-12(7-17-13)9(2)15/h3-5,7,9H,6,15H2,1-2H3. The number of aryl methyl sites for hydroxylation is 1. The highest BCUT2D eigenvalue weighted by molar-refractivity contribution is 7.09. The lowest BCUT2D eigenvalue weighted by atomic mass is 10.1. The third-order valence-corrected chi connectivity index (χ3v) is 3.48. The Labute approximate surface area is 104 Å². The molecule has 0 saturated carbocycles. The molecule has 0 saturated heterocycles. The van der Waals surface area contributed by atoms with Gasteiger partial charge in [0.25, 0.3) is 0 Å². The van der Waals surface area contributed by atoms with Crippen molar-refractivity contribution in [1.29, 1.82) is 0 Å². The lowest BCUT2D eigenvalue weighted by Crippen LogP contribution is -2.05. The van der Waals surface area contributed by atoms with Crippen LogP contribution >= 0.6 is 11.3 Å². The molecule has 0 amide bonds. The zero-order valence-electron chi connectivity index (χ0n) is 9.90. The monoisotopic (exact) mass is 250 g/mol. The number of halogens is 1. The van der Waals surface area contributed by atoms with Crippen molar-refractivity contribution in [3.05, 3.63) is 51.2 Å². The average molecular weight is 250 g/mol. The Balaban J connectivity index is 2.16. The van der Waals surface area contributed by atoms with Crippen LogP contribution in [0.1, 0.15) is 34.8 Å². The number of hydrogen-bond donors (Lipinski definition) is 1. The van der Waals surface area contributed by atoms with Gasteiger partial charge in [-0.05, 0) is 31.0 Å². The van der Waals surface area contributed by atoms with Crippen LogP contribution in [0.4, 0.5) is 4.39 Å². The maximum atomic E-state index is 13.1. The smallest absolute Gasteiger partial charge is 0.126 e. The van der Waals surface area contributed by atoms with E-state index in [0.29, 0.717) is 5.56 Å². The lowest BCUT2D eigenvalue weighted by Gasteiger charge is -2.01. The van der Waals surface area contributed by atoms with Crippen molar-refractivity contribution in [1.82, 2.24) is 4.98 Å². The molecule has 2 rings (SSSR count).